The third-order valence-corrected chi connectivity index (χ3v) is 4.69. The second-order valence-electron chi connectivity index (χ2n) is 2.19. The Labute approximate surface area is 70.5 Å². The summed E-state index contributed by atoms with van der Waals surface area (Å²) in [6.45, 7) is 0. The molecule has 1 atom stereocenters. The van der Waals surface area contributed by atoms with Gasteiger partial charge in [-0.05, 0) is 37.9 Å². The molecule has 52 valence electrons. The van der Waals surface area contributed by atoms with E-state index < -0.39 is 0 Å². The monoisotopic (exact) mass is 214 g/mol. The van der Waals surface area contributed by atoms with Gasteiger partial charge in [-0.3, -0.25) is 0 Å². The van der Waals surface area contributed by atoms with Gasteiger partial charge in [-0.25, -0.2) is 0 Å². The van der Waals surface area contributed by atoms with E-state index in [1.54, 1.807) is 0 Å². The van der Waals surface area contributed by atoms with E-state index in [0.29, 0.717) is 0 Å². The molecule has 0 saturated heterocycles. The van der Waals surface area contributed by atoms with Gasteiger partial charge in [-0.15, -0.1) is 9.33 Å². The highest BCUT2D eigenvalue weighted by Gasteiger charge is 2.08. The van der Waals surface area contributed by atoms with Gasteiger partial charge in [0, 0.05) is 4.90 Å². The van der Waals surface area contributed by atoms with Crippen molar-refractivity contribution in [1.29, 1.82) is 0 Å². The van der Waals surface area contributed by atoms with Gasteiger partial charge in [-0.1, -0.05) is 18.2 Å². The fourth-order valence-corrected chi connectivity index (χ4v) is 3.45. The number of fused-ring (bicyclic) bond motifs is 1. The Morgan fingerprint density at radius 3 is 2.80 bits per heavy atom. The van der Waals surface area contributed by atoms with Crippen LogP contribution in [0.15, 0.2) is 34.6 Å². The highest BCUT2D eigenvalue weighted by atomic mass is 79.9. The third-order valence-electron chi connectivity index (χ3n) is 1.55. The molecule has 1 aliphatic heterocycles. The standard InChI is InChI=1S/C8H7BrS/c9-10-6-5-7-3-1-2-4-8(7)10/h1-6,10H. The molecule has 0 aliphatic carbocycles. The Bertz CT molecular complexity index is 280. The fourth-order valence-electron chi connectivity index (χ4n) is 1.05. The maximum atomic E-state index is 3.61. The SMILES string of the molecule is Br[SH]1C=Cc2ccccc21. The van der Waals surface area contributed by atoms with Crippen LogP contribution in [-0.2, 0) is 0 Å². The lowest BCUT2D eigenvalue weighted by Gasteiger charge is -2.03. The Hall–Kier alpha value is -0.210. The second-order valence-corrected chi connectivity index (χ2v) is 5.88. The van der Waals surface area contributed by atoms with Crippen LogP contribution in [-0.4, -0.2) is 0 Å². The van der Waals surface area contributed by atoms with Crippen molar-refractivity contribution >= 4 is 30.2 Å². The van der Waals surface area contributed by atoms with Crippen LogP contribution < -0.4 is 0 Å². The summed E-state index contributed by atoms with van der Waals surface area (Å²) in [5.74, 6) is 0. The van der Waals surface area contributed by atoms with E-state index in [1.807, 2.05) is 0 Å². The molecule has 1 aromatic carbocycles. The second kappa shape index (κ2) is 2.44. The van der Waals surface area contributed by atoms with E-state index in [4.69, 9.17) is 0 Å². The topological polar surface area (TPSA) is 0 Å². The molecular formula is C8H7BrS. The van der Waals surface area contributed by atoms with Crippen molar-refractivity contribution in [3.05, 3.63) is 35.2 Å². The number of hydrogen-bond donors (Lipinski definition) is 1. The minimum absolute atomic E-state index is 0.149. The summed E-state index contributed by atoms with van der Waals surface area (Å²) < 4.78 is 0. The van der Waals surface area contributed by atoms with Crippen LogP contribution >= 0.6 is 24.1 Å². The van der Waals surface area contributed by atoms with Crippen molar-refractivity contribution in [3.8, 4) is 0 Å². The Morgan fingerprint density at radius 2 is 2.00 bits per heavy atom. The highest BCUT2D eigenvalue weighted by molar-refractivity contribution is 9.54. The van der Waals surface area contributed by atoms with Gasteiger partial charge < -0.3 is 0 Å². The molecule has 2 rings (SSSR count). The summed E-state index contributed by atoms with van der Waals surface area (Å²) in [7, 11) is -0.149. The summed E-state index contributed by atoms with van der Waals surface area (Å²) in [6, 6.07) is 8.48. The zero-order valence-corrected chi connectivity index (χ0v) is 7.77. The van der Waals surface area contributed by atoms with E-state index in [0.717, 1.165) is 0 Å². The number of rotatable bonds is 0. The molecule has 0 N–H and O–H groups in total. The number of halogens is 1. The molecule has 1 aromatic rings. The van der Waals surface area contributed by atoms with Crippen LogP contribution in [0.25, 0.3) is 6.08 Å². The maximum absolute atomic E-state index is 3.61. The Balaban J connectivity index is 2.59. The summed E-state index contributed by atoms with van der Waals surface area (Å²) in [5.41, 5.74) is 1.37. The van der Waals surface area contributed by atoms with Crippen LogP contribution in [0.5, 0.6) is 0 Å². The number of benzene rings is 1. The molecule has 0 bridgehead atoms. The van der Waals surface area contributed by atoms with Gasteiger partial charge >= 0.3 is 0 Å². The van der Waals surface area contributed by atoms with Gasteiger partial charge in [-0.2, -0.15) is 0 Å². The first-order valence-electron chi connectivity index (χ1n) is 3.10. The Kier molecular flexibility index (Phi) is 1.58. The molecule has 10 heavy (non-hydrogen) atoms. The quantitative estimate of drug-likeness (QED) is 0.630. The third kappa shape index (κ3) is 0.917. The van der Waals surface area contributed by atoms with Crippen molar-refractivity contribution in [2.24, 2.45) is 0 Å². The first-order valence-corrected chi connectivity index (χ1v) is 6.53. The molecule has 0 amide bonds. The first kappa shape index (κ1) is 6.50. The van der Waals surface area contributed by atoms with Crippen molar-refractivity contribution in [2.45, 2.75) is 4.90 Å². The summed E-state index contributed by atoms with van der Waals surface area (Å²) in [6.07, 6.45) is 2.18. The van der Waals surface area contributed by atoms with Gasteiger partial charge in [0.15, 0.2) is 0 Å². The zero-order chi connectivity index (χ0) is 6.97. The van der Waals surface area contributed by atoms with Crippen LogP contribution in [0, 0.1) is 0 Å². The summed E-state index contributed by atoms with van der Waals surface area (Å²) in [4.78, 5) is 1.44. The zero-order valence-electron chi connectivity index (χ0n) is 5.29. The molecule has 0 fully saturated rings. The smallest absolute Gasteiger partial charge is 0.00760 e. The lowest BCUT2D eigenvalue weighted by molar-refractivity contribution is 1.44. The van der Waals surface area contributed by atoms with Gasteiger partial charge in [0.2, 0.25) is 0 Å². The summed E-state index contributed by atoms with van der Waals surface area (Å²) in [5, 5.41) is 2.22. The average Bonchev–Trinajstić information content (AvgIpc) is 2.34. The van der Waals surface area contributed by atoms with Gasteiger partial charge in [0.05, 0.1) is 0 Å². The van der Waals surface area contributed by atoms with E-state index in [1.165, 1.54) is 10.5 Å². The van der Waals surface area contributed by atoms with Crippen molar-refractivity contribution in [1.82, 2.24) is 0 Å². The predicted molar refractivity (Wildman–Crippen MR) is 51.7 cm³/mol. The van der Waals surface area contributed by atoms with Gasteiger partial charge in [0.25, 0.3) is 0 Å². The summed E-state index contributed by atoms with van der Waals surface area (Å²) >= 11 is 3.61. The van der Waals surface area contributed by atoms with E-state index in [9.17, 15) is 0 Å². The minimum Gasteiger partial charge on any atom is -0.147 e. The maximum Gasteiger partial charge on any atom is 0.00760 e. The molecule has 1 heterocycles. The molecule has 0 aromatic heterocycles. The van der Waals surface area contributed by atoms with Crippen LogP contribution in [0.3, 0.4) is 0 Å². The van der Waals surface area contributed by atoms with Crippen molar-refractivity contribution in [2.75, 3.05) is 0 Å². The largest absolute Gasteiger partial charge is 0.147 e. The van der Waals surface area contributed by atoms with E-state index >= 15 is 0 Å². The van der Waals surface area contributed by atoms with Crippen molar-refractivity contribution in [3.63, 3.8) is 0 Å². The first-order chi connectivity index (χ1) is 4.88. The van der Waals surface area contributed by atoms with Crippen molar-refractivity contribution < 1.29 is 0 Å². The molecule has 0 saturated carbocycles. The number of hydrogen-bond acceptors (Lipinski definition) is 0. The van der Waals surface area contributed by atoms with Crippen LogP contribution in [0.4, 0.5) is 0 Å². The number of thiol groups is 1. The predicted octanol–water partition coefficient (Wildman–Crippen LogP) is 3.34. The fraction of sp³-hybridized carbons (Fsp3) is 0. The minimum atomic E-state index is -0.149. The van der Waals surface area contributed by atoms with E-state index in [-0.39, 0.29) is 9.33 Å². The van der Waals surface area contributed by atoms with Crippen LogP contribution in [0.1, 0.15) is 5.56 Å². The normalized spacial score (nSPS) is 24.7. The molecule has 0 radical (unpaired) electrons. The molecule has 1 aliphatic rings. The molecule has 0 nitrogen and oxygen atoms in total. The Morgan fingerprint density at radius 1 is 1.20 bits per heavy atom. The van der Waals surface area contributed by atoms with E-state index in [2.05, 4.69) is 50.6 Å². The molecule has 0 spiro atoms. The van der Waals surface area contributed by atoms with Crippen LogP contribution in [0.2, 0.25) is 0 Å². The molecule has 2 heteroatoms. The molecule has 1 unspecified atom stereocenters. The molecular weight excluding hydrogens is 208 g/mol. The lowest BCUT2D eigenvalue weighted by atomic mass is 10.2. The lowest BCUT2D eigenvalue weighted by Crippen LogP contribution is -1.71. The average molecular weight is 215 g/mol. The van der Waals surface area contributed by atoms with Gasteiger partial charge in [0.1, 0.15) is 0 Å². The highest BCUT2D eigenvalue weighted by Crippen LogP contribution is 2.51.